The summed E-state index contributed by atoms with van der Waals surface area (Å²) in [7, 11) is 0. The van der Waals surface area contributed by atoms with Gasteiger partial charge in [0.1, 0.15) is 0 Å². The van der Waals surface area contributed by atoms with Crippen LogP contribution in [0.15, 0.2) is 54.6 Å². The van der Waals surface area contributed by atoms with E-state index in [1.54, 1.807) is 0 Å². The molecule has 28 heavy (non-hydrogen) atoms. The van der Waals surface area contributed by atoms with Crippen LogP contribution in [0.4, 0.5) is 5.69 Å². The van der Waals surface area contributed by atoms with Gasteiger partial charge in [0.25, 0.3) is 0 Å². The van der Waals surface area contributed by atoms with Crippen LogP contribution in [0.5, 0.6) is 0 Å². The zero-order chi connectivity index (χ0) is 19.2. The lowest BCUT2D eigenvalue weighted by molar-refractivity contribution is -0.125. The Hall–Kier alpha value is -2.37. The minimum atomic E-state index is -0.335. The summed E-state index contributed by atoms with van der Waals surface area (Å²) in [4.78, 5) is 26.3. The Morgan fingerprint density at radius 1 is 1.11 bits per heavy atom. The van der Waals surface area contributed by atoms with Gasteiger partial charge in [-0.05, 0) is 36.1 Å². The van der Waals surface area contributed by atoms with E-state index in [1.807, 2.05) is 66.4 Å². The molecule has 2 amide bonds. The minimum Gasteiger partial charge on any atom is -0.352 e. The first-order valence-corrected chi connectivity index (χ1v) is 9.54. The Kier molecular flexibility index (Phi) is 8.03. The predicted octanol–water partition coefficient (Wildman–Crippen LogP) is 3.58. The Labute approximate surface area is 172 Å². The predicted molar refractivity (Wildman–Crippen MR) is 114 cm³/mol. The van der Waals surface area contributed by atoms with Gasteiger partial charge in [0.05, 0.1) is 5.92 Å². The summed E-state index contributed by atoms with van der Waals surface area (Å²) in [5, 5.41) is 2.96. The first-order chi connectivity index (χ1) is 13.1. The average Bonchev–Trinajstić information content (AvgIpc) is 2.72. The van der Waals surface area contributed by atoms with Gasteiger partial charge < -0.3 is 16.0 Å². The van der Waals surface area contributed by atoms with Crippen molar-refractivity contribution in [2.24, 2.45) is 11.7 Å². The fourth-order valence-electron chi connectivity index (χ4n) is 3.35. The van der Waals surface area contributed by atoms with Crippen molar-refractivity contribution >= 4 is 29.9 Å². The Morgan fingerprint density at radius 2 is 1.79 bits per heavy atom. The van der Waals surface area contributed by atoms with E-state index in [-0.39, 0.29) is 36.2 Å². The molecule has 0 bridgehead atoms. The first kappa shape index (κ1) is 21.9. The molecule has 0 aliphatic carbocycles. The molecule has 0 spiro atoms. The molecule has 2 atom stereocenters. The second kappa shape index (κ2) is 10.2. The van der Waals surface area contributed by atoms with Crippen LogP contribution in [0.2, 0.25) is 0 Å². The maximum Gasteiger partial charge on any atom is 0.226 e. The van der Waals surface area contributed by atoms with Crippen molar-refractivity contribution in [3.63, 3.8) is 0 Å². The average molecular weight is 402 g/mol. The number of hydrogen-bond donors (Lipinski definition) is 2. The molecule has 150 valence electrons. The van der Waals surface area contributed by atoms with Gasteiger partial charge >= 0.3 is 0 Å². The highest BCUT2D eigenvalue weighted by Crippen LogP contribution is 2.22. The number of nitrogens with one attached hydrogen (secondary N) is 1. The molecule has 3 rings (SSSR count). The summed E-state index contributed by atoms with van der Waals surface area (Å²) in [6, 6.07) is 17.1. The molecule has 5 nitrogen and oxygen atoms in total. The van der Waals surface area contributed by atoms with Gasteiger partial charge in [-0.25, -0.2) is 0 Å². The summed E-state index contributed by atoms with van der Waals surface area (Å²) in [5.74, 6) is -0.203. The highest BCUT2D eigenvalue weighted by atomic mass is 35.5. The fraction of sp³-hybridized carbons (Fsp3) is 0.364. The van der Waals surface area contributed by atoms with Crippen molar-refractivity contribution in [1.29, 1.82) is 0 Å². The zero-order valence-electron chi connectivity index (χ0n) is 16.1. The Balaban J connectivity index is 0.00000280. The van der Waals surface area contributed by atoms with Crippen molar-refractivity contribution in [3.05, 3.63) is 65.7 Å². The minimum absolute atomic E-state index is 0. The van der Waals surface area contributed by atoms with Crippen LogP contribution < -0.4 is 16.0 Å². The standard InChI is InChI=1S/C22H27N3O2.ClH/c1-16(21(23)18-7-3-2-4-8-18)22(27)24-15-17-10-12-19(13-11-17)25-14-6-5-9-20(25)26;/h2-4,7-8,10-13,16,21H,5-6,9,14-15,23H2,1H3,(H,24,27);1H. The zero-order valence-corrected chi connectivity index (χ0v) is 17.0. The van der Waals surface area contributed by atoms with Crippen molar-refractivity contribution in [1.82, 2.24) is 5.32 Å². The molecule has 6 heteroatoms. The van der Waals surface area contributed by atoms with E-state index < -0.39 is 0 Å². The van der Waals surface area contributed by atoms with Gasteiger partial charge in [0.15, 0.2) is 0 Å². The molecule has 0 aromatic heterocycles. The number of amides is 2. The van der Waals surface area contributed by atoms with Crippen molar-refractivity contribution < 1.29 is 9.59 Å². The maximum absolute atomic E-state index is 12.4. The third-order valence-electron chi connectivity index (χ3n) is 5.17. The largest absolute Gasteiger partial charge is 0.352 e. The SMILES string of the molecule is CC(C(=O)NCc1ccc(N2CCCCC2=O)cc1)C(N)c1ccccc1.Cl. The van der Waals surface area contributed by atoms with Crippen molar-refractivity contribution in [2.75, 3.05) is 11.4 Å². The number of nitrogens with zero attached hydrogens (tertiary/aromatic N) is 1. The lowest BCUT2D eigenvalue weighted by atomic mass is 9.94. The summed E-state index contributed by atoms with van der Waals surface area (Å²) in [6.07, 6.45) is 2.64. The van der Waals surface area contributed by atoms with Gasteiger partial charge in [-0.15, -0.1) is 12.4 Å². The van der Waals surface area contributed by atoms with Crippen LogP contribution in [-0.2, 0) is 16.1 Å². The number of nitrogens with two attached hydrogens (primary N) is 1. The van der Waals surface area contributed by atoms with Gasteiger partial charge in [-0.1, -0.05) is 49.4 Å². The number of rotatable bonds is 6. The Bertz CT molecular complexity index is 780. The molecule has 1 aliphatic heterocycles. The van der Waals surface area contributed by atoms with Crippen LogP contribution in [0.1, 0.15) is 43.4 Å². The summed E-state index contributed by atoms with van der Waals surface area (Å²) in [6.45, 7) is 3.07. The molecule has 0 radical (unpaired) electrons. The van der Waals surface area contributed by atoms with E-state index in [4.69, 9.17) is 5.73 Å². The number of carbonyl (C=O) groups excluding carboxylic acids is 2. The van der Waals surface area contributed by atoms with Gasteiger partial charge in [-0.3, -0.25) is 9.59 Å². The van der Waals surface area contributed by atoms with Crippen LogP contribution >= 0.6 is 12.4 Å². The molecular weight excluding hydrogens is 374 g/mol. The Morgan fingerprint density at radius 3 is 2.43 bits per heavy atom. The van der Waals surface area contributed by atoms with Gasteiger partial charge in [-0.2, -0.15) is 0 Å². The van der Waals surface area contributed by atoms with E-state index in [2.05, 4.69) is 5.32 Å². The lowest BCUT2D eigenvalue weighted by Gasteiger charge is -2.27. The second-order valence-electron chi connectivity index (χ2n) is 7.11. The van der Waals surface area contributed by atoms with Crippen molar-refractivity contribution in [2.45, 2.75) is 38.8 Å². The van der Waals surface area contributed by atoms with Crippen LogP contribution in [0.25, 0.3) is 0 Å². The van der Waals surface area contributed by atoms with E-state index in [0.29, 0.717) is 13.0 Å². The molecule has 2 aromatic rings. The smallest absolute Gasteiger partial charge is 0.226 e. The molecule has 2 unspecified atom stereocenters. The van der Waals surface area contributed by atoms with Crippen LogP contribution in [-0.4, -0.2) is 18.4 Å². The van der Waals surface area contributed by atoms with Crippen LogP contribution in [0, 0.1) is 5.92 Å². The topological polar surface area (TPSA) is 75.4 Å². The highest BCUT2D eigenvalue weighted by Gasteiger charge is 2.22. The van der Waals surface area contributed by atoms with Crippen LogP contribution in [0.3, 0.4) is 0 Å². The summed E-state index contributed by atoms with van der Waals surface area (Å²) in [5.41, 5.74) is 9.10. The molecular formula is C22H28ClN3O2. The summed E-state index contributed by atoms with van der Waals surface area (Å²) >= 11 is 0. The molecule has 0 saturated carbocycles. The number of hydrogen-bond acceptors (Lipinski definition) is 3. The quantitative estimate of drug-likeness (QED) is 0.776. The number of benzene rings is 2. The molecule has 3 N–H and O–H groups in total. The number of piperidine rings is 1. The third kappa shape index (κ3) is 5.33. The monoisotopic (exact) mass is 401 g/mol. The number of halogens is 1. The normalized spacial score (nSPS) is 16.1. The maximum atomic E-state index is 12.4. The molecule has 1 heterocycles. The van der Waals surface area contributed by atoms with E-state index in [1.165, 1.54) is 0 Å². The second-order valence-corrected chi connectivity index (χ2v) is 7.11. The molecule has 1 fully saturated rings. The third-order valence-corrected chi connectivity index (χ3v) is 5.17. The van der Waals surface area contributed by atoms with Gasteiger partial charge in [0, 0.05) is 31.2 Å². The van der Waals surface area contributed by atoms with E-state index in [0.717, 1.165) is 36.2 Å². The number of carbonyl (C=O) groups is 2. The molecule has 2 aromatic carbocycles. The lowest BCUT2D eigenvalue weighted by Crippen LogP contribution is -2.35. The fourth-order valence-corrected chi connectivity index (χ4v) is 3.35. The van der Waals surface area contributed by atoms with E-state index in [9.17, 15) is 9.59 Å². The number of anilines is 1. The van der Waals surface area contributed by atoms with Crippen molar-refractivity contribution in [3.8, 4) is 0 Å². The molecule has 1 aliphatic rings. The van der Waals surface area contributed by atoms with E-state index >= 15 is 0 Å². The summed E-state index contributed by atoms with van der Waals surface area (Å²) < 4.78 is 0. The first-order valence-electron chi connectivity index (χ1n) is 9.54. The highest BCUT2D eigenvalue weighted by molar-refractivity contribution is 5.94. The van der Waals surface area contributed by atoms with Gasteiger partial charge in [0.2, 0.25) is 11.8 Å². The molecule has 1 saturated heterocycles.